The van der Waals surface area contributed by atoms with Crippen molar-refractivity contribution in [3.8, 4) is 0 Å². The number of carbonyl (C=O) groups excluding carboxylic acids is 1. The Morgan fingerprint density at radius 3 is 2.64 bits per heavy atom. The lowest BCUT2D eigenvalue weighted by Crippen LogP contribution is -2.41. The number of fused-ring (bicyclic) bond motifs is 1. The van der Waals surface area contributed by atoms with Crippen molar-refractivity contribution in [2.75, 3.05) is 6.54 Å². The highest BCUT2D eigenvalue weighted by Crippen LogP contribution is 2.17. The molecule has 0 spiro atoms. The van der Waals surface area contributed by atoms with Gasteiger partial charge in [-0.2, -0.15) is 0 Å². The van der Waals surface area contributed by atoms with Crippen LogP contribution in [0.1, 0.15) is 19.9 Å². The van der Waals surface area contributed by atoms with E-state index >= 15 is 0 Å². The largest absolute Gasteiger partial charge is 0.480 e. The van der Waals surface area contributed by atoms with E-state index in [4.69, 9.17) is 5.11 Å². The summed E-state index contributed by atoms with van der Waals surface area (Å²) in [6.45, 7) is 3.08. The summed E-state index contributed by atoms with van der Waals surface area (Å²) < 4.78 is 1.25. The van der Waals surface area contributed by atoms with Gasteiger partial charge in [-0.1, -0.05) is 26.0 Å². The highest BCUT2D eigenvalue weighted by molar-refractivity contribution is 5.85. The van der Waals surface area contributed by atoms with Crippen molar-refractivity contribution in [1.82, 2.24) is 14.9 Å². The number of para-hydroxylation sites is 1. The molecule has 0 aliphatic rings. The molecule has 0 aliphatic heterocycles. The van der Waals surface area contributed by atoms with Crippen LogP contribution < -0.4 is 10.9 Å². The van der Waals surface area contributed by atoms with E-state index in [2.05, 4.69) is 10.3 Å². The summed E-state index contributed by atoms with van der Waals surface area (Å²) in [5.74, 6) is -1.86. The van der Waals surface area contributed by atoms with Gasteiger partial charge in [0.25, 0.3) is 5.56 Å². The number of nitrogens with one attached hydrogen (secondary N) is 1. The number of carboxylic acids is 1. The highest BCUT2D eigenvalue weighted by atomic mass is 16.4. The van der Waals surface area contributed by atoms with Gasteiger partial charge in [-0.25, -0.2) is 4.98 Å². The molecule has 0 saturated carbocycles. The summed E-state index contributed by atoms with van der Waals surface area (Å²) in [7, 11) is 0. The van der Waals surface area contributed by atoms with Gasteiger partial charge in [-0.15, -0.1) is 0 Å². The third-order valence-corrected chi connectivity index (χ3v) is 3.30. The van der Waals surface area contributed by atoms with E-state index < -0.39 is 24.5 Å². The number of benzene rings is 1. The number of aromatic nitrogens is 2. The van der Waals surface area contributed by atoms with Crippen LogP contribution in [0.2, 0.25) is 0 Å². The number of hydrogen-bond acceptors (Lipinski definition) is 4. The maximum atomic E-state index is 12.5. The normalized spacial score (nSPS) is 12.3. The van der Waals surface area contributed by atoms with Crippen LogP contribution in [0.5, 0.6) is 0 Å². The number of hydrogen-bond donors (Lipinski definition) is 2. The molecule has 1 heterocycles. The monoisotopic (exact) mass is 303 g/mol. The average molecular weight is 303 g/mol. The number of amides is 1. The van der Waals surface area contributed by atoms with Crippen molar-refractivity contribution in [3.63, 3.8) is 0 Å². The Balaban J connectivity index is 2.45. The second-order valence-corrected chi connectivity index (χ2v) is 5.27. The first kappa shape index (κ1) is 15.7. The molecular formula is C15H17N3O4. The van der Waals surface area contributed by atoms with Gasteiger partial charge in [-0.3, -0.25) is 19.0 Å². The fraction of sp³-hybridized carbons (Fsp3) is 0.333. The Labute approximate surface area is 126 Å². The van der Waals surface area contributed by atoms with Crippen LogP contribution >= 0.6 is 0 Å². The minimum absolute atomic E-state index is 0.200. The first-order chi connectivity index (χ1) is 10.4. The van der Waals surface area contributed by atoms with Crippen LogP contribution in [0.25, 0.3) is 10.9 Å². The lowest BCUT2D eigenvalue weighted by Gasteiger charge is -2.22. The third kappa shape index (κ3) is 3.13. The van der Waals surface area contributed by atoms with Crippen molar-refractivity contribution in [2.45, 2.75) is 19.9 Å². The molecule has 1 amide bonds. The van der Waals surface area contributed by atoms with Crippen LogP contribution in [-0.2, 0) is 9.59 Å². The van der Waals surface area contributed by atoms with Gasteiger partial charge in [0.05, 0.1) is 17.2 Å². The zero-order chi connectivity index (χ0) is 16.3. The van der Waals surface area contributed by atoms with E-state index in [0.29, 0.717) is 10.9 Å². The second-order valence-electron chi connectivity index (χ2n) is 5.27. The van der Waals surface area contributed by atoms with Gasteiger partial charge < -0.3 is 10.4 Å². The van der Waals surface area contributed by atoms with Gasteiger partial charge in [0.1, 0.15) is 12.6 Å². The smallest absolute Gasteiger partial charge is 0.322 e. The van der Waals surface area contributed by atoms with E-state index in [-0.39, 0.29) is 11.5 Å². The molecule has 0 fully saturated rings. The topological polar surface area (TPSA) is 101 Å². The average Bonchev–Trinajstić information content (AvgIpc) is 2.47. The van der Waals surface area contributed by atoms with Gasteiger partial charge in [0.2, 0.25) is 5.91 Å². The summed E-state index contributed by atoms with van der Waals surface area (Å²) in [4.78, 5) is 39.5. The maximum absolute atomic E-state index is 12.5. The highest BCUT2D eigenvalue weighted by Gasteiger charge is 2.26. The number of aliphatic carboxylic acids is 1. The summed E-state index contributed by atoms with van der Waals surface area (Å²) >= 11 is 0. The van der Waals surface area contributed by atoms with Gasteiger partial charge >= 0.3 is 5.97 Å². The molecule has 2 aromatic rings. The van der Waals surface area contributed by atoms with Crippen molar-refractivity contribution < 1.29 is 14.7 Å². The van der Waals surface area contributed by atoms with Crippen molar-refractivity contribution in [1.29, 1.82) is 0 Å². The molecule has 2 rings (SSSR count). The Morgan fingerprint density at radius 1 is 1.32 bits per heavy atom. The molecule has 7 heteroatoms. The Hall–Kier alpha value is -2.70. The van der Waals surface area contributed by atoms with E-state index in [9.17, 15) is 14.4 Å². The fourth-order valence-corrected chi connectivity index (χ4v) is 2.30. The Morgan fingerprint density at radius 2 is 2.00 bits per heavy atom. The number of nitrogens with zero attached hydrogens (tertiary/aromatic N) is 2. The zero-order valence-corrected chi connectivity index (χ0v) is 12.3. The summed E-state index contributed by atoms with van der Waals surface area (Å²) in [5, 5.41) is 11.4. The molecular weight excluding hydrogens is 286 g/mol. The first-order valence-corrected chi connectivity index (χ1v) is 6.87. The zero-order valence-electron chi connectivity index (χ0n) is 12.3. The van der Waals surface area contributed by atoms with E-state index in [1.807, 2.05) is 0 Å². The molecule has 22 heavy (non-hydrogen) atoms. The minimum Gasteiger partial charge on any atom is -0.480 e. The van der Waals surface area contributed by atoms with Crippen molar-refractivity contribution >= 4 is 22.8 Å². The molecule has 0 unspecified atom stereocenters. The standard InChI is InChI=1S/C15H17N3O4/c1-9(2)13(14(21)16-7-12(19)20)18-8-17-11-6-4-3-5-10(11)15(18)22/h3-6,8-9,13H,7H2,1-2H3,(H,16,21)(H,19,20)/t13-/m0/s1. The predicted octanol–water partition coefficient (Wildman–Crippen LogP) is 0.794. The summed E-state index contributed by atoms with van der Waals surface area (Å²) in [6, 6.07) is 6.05. The van der Waals surface area contributed by atoms with Gasteiger partial charge in [0.15, 0.2) is 0 Å². The molecule has 2 N–H and O–H groups in total. The van der Waals surface area contributed by atoms with Crippen LogP contribution in [0.4, 0.5) is 0 Å². The van der Waals surface area contributed by atoms with E-state index in [0.717, 1.165) is 0 Å². The molecule has 0 bridgehead atoms. The van der Waals surface area contributed by atoms with Crippen molar-refractivity contribution in [3.05, 3.63) is 40.9 Å². The molecule has 1 aromatic heterocycles. The van der Waals surface area contributed by atoms with Crippen LogP contribution in [0.3, 0.4) is 0 Å². The number of carbonyl (C=O) groups is 2. The number of carboxylic acid groups (broad SMARTS) is 1. The lowest BCUT2D eigenvalue weighted by atomic mass is 10.0. The maximum Gasteiger partial charge on any atom is 0.322 e. The number of rotatable bonds is 5. The molecule has 0 saturated heterocycles. The predicted molar refractivity (Wildman–Crippen MR) is 80.5 cm³/mol. The van der Waals surface area contributed by atoms with Gasteiger partial charge in [0, 0.05) is 0 Å². The SMILES string of the molecule is CC(C)[C@@H](C(=O)NCC(=O)O)n1cnc2ccccc2c1=O. The molecule has 0 radical (unpaired) electrons. The van der Waals surface area contributed by atoms with Crippen LogP contribution in [-0.4, -0.2) is 33.1 Å². The minimum atomic E-state index is -1.14. The lowest BCUT2D eigenvalue weighted by molar-refractivity contribution is -0.138. The van der Waals surface area contributed by atoms with Gasteiger partial charge in [-0.05, 0) is 18.1 Å². The fourth-order valence-electron chi connectivity index (χ4n) is 2.30. The summed E-state index contributed by atoms with van der Waals surface area (Å²) in [5.41, 5.74) is 0.229. The molecule has 1 aromatic carbocycles. The summed E-state index contributed by atoms with van der Waals surface area (Å²) in [6.07, 6.45) is 1.33. The quantitative estimate of drug-likeness (QED) is 0.850. The van der Waals surface area contributed by atoms with E-state index in [1.54, 1.807) is 38.1 Å². The Bertz CT molecular complexity index is 767. The van der Waals surface area contributed by atoms with E-state index in [1.165, 1.54) is 10.9 Å². The van der Waals surface area contributed by atoms with Crippen LogP contribution in [0.15, 0.2) is 35.4 Å². The molecule has 1 atom stereocenters. The molecule has 0 aliphatic carbocycles. The second kappa shape index (κ2) is 6.38. The Kier molecular flexibility index (Phi) is 4.55. The third-order valence-electron chi connectivity index (χ3n) is 3.30. The van der Waals surface area contributed by atoms with Crippen molar-refractivity contribution in [2.24, 2.45) is 5.92 Å². The first-order valence-electron chi connectivity index (χ1n) is 6.87. The molecule has 116 valence electrons. The molecule has 7 nitrogen and oxygen atoms in total. The van der Waals surface area contributed by atoms with Crippen LogP contribution in [0, 0.1) is 5.92 Å².